The highest BCUT2D eigenvalue weighted by Crippen LogP contribution is 2.21. The van der Waals surface area contributed by atoms with E-state index in [2.05, 4.69) is 23.6 Å². The minimum atomic E-state index is 0. The zero-order chi connectivity index (χ0) is 12.0. The smallest absolute Gasteiger partial charge is 0.225 e. The molecule has 4 heteroatoms. The van der Waals surface area contributed by atoms with Gasteiger partial charge in [-0.25, -0.2) is 0 Å². The van der Waals surface area contributed by atoms with Crippen molar-refractivity contribution in [2.45, 2.75) is 26.7 Å². The molecule has 0 aliphatic carbocycles. The van der Waals surface area contributed by atoms with Crippen LogP contribution in [0.4, 0.5) is 5.69 Å². The molecule has 0 saturated carbocycles. The molecule has 17 heavy (non-hydrogen) atoms. The molecule has 0 atom stereocenters. The van der Waals surface area contributed by atoms with E-state index in [9.17, 15) is 4.79 Å². The third-order valence-electron chi connectivity index (χ3n) is 2.61. The monoisotopic (exact) mass is 256 g/mol. The van der Waals surface area contributed by atoms with Gasteiger partial charge in [0.1, 0.15) is 0 Å². The zero-order valence-corrected chi connectivity index (χ0v) is 11.5. The fourth-order valence-electron chi connectivity index (χ4n) is 1.64. The molecule has 3 nitrogen and oxygen atoms in total. The van der Waals surface area contributed by atoms with Crippen molar-refractivity contribution in [1.29, 1.82) is 0 Å². The molecular weight excluding hydrogens is 236 g/mol. The number of halogens is 1. The number of benzene rings is 1. The summed E-state index contributed by atoms with van der Waals surface area (Å²) in [5, 5.41) is 5.95. The Morgan fingerprint density at radius 1 is 1.35 bits per heavy atom. The number of anilines is 1. The fourth-order valence-corrected chi connectivity index (χ4v) is 1.64. The van der Waals surface area contributed by atoms with Crippen molar-refractivity contribution in [3.05, 3.63) is 29.3 Å². The molecule has 0 unspecified atom stereocenters. The van der Waals surface area contributed by atoms with Crippen LogP contribution in [0.25, 0.3) is 0 Å². The molecule has 1 aromatic carbocycles. The molecular formula is C13H21ClN2O. The van der Waals surface area contributed by atoms with Crippen molar-refractivity contribution in [1.82, 2.24) is 5.32 Å². The van der Waals surface area contributed by atoms with Gasteiger partial charge < -0.3 is 10.6 Å². The van der Waals surface area contributed by atoms with E-state index in [4.69, 9.17) is 0 Å². The average Bonchev–Trinajstić information content (AvgIpc) is 2.29. The quantitative estimate of drug-likeness (QED) is 0.850. The Labute approximate surface area is 109 Å². The lowest BCUT2D eigenvalue weighted by Crippen LogP contribution is -2.19. The molecule has 0 radical (unpaired) electrons. The SMILES string of the molecule is CCc1cccc(C)c1NC(=O)CCNC.Cl. The molecule has 0 bridgehead atoms. The third-order valence-corrected chi connectivity index (χ3v) is 2.61. The van der Waals surface area contributed by atoms with Crippen LogP contribution in [0.1, 0.15) is 24.5 Å². The highest BCUT2D eigenvalue weighted by molar-refractivity contribution is 5.92. The second-order valence-electron chi connectivity index (χ2n) is 3.86. The molecule has 1 amide bonds. The van der Waals surface area contributed by atoms with Gasteiger partial charge in [-0.15, -0.1) is 12.4 Å². The minimum Gasteiger partial charge on any atom is -0.326 e. The fraction of sp³-hybridized carbons (Fsp3) is 0.462. The Morgan fingerprint density at radius 2 is 2.06 bits per heavy atom. The summed E-state index contributed by atoms with van der Waals surface area (Å²) in [6.45, 7) is 4.82. The lowest BCUT2D eigenvalue weighted by molar-refractivity contribution is -0.116. The summed E-state index contributed by atoms with van der Waals surface area (Å²) in [7, 11) is 1.85. The van der Waals surface area contributed by atoms with Gasteiger partial charge in [0.05, 0.1) is 0 Å². The molecule has 1 aromatic rings. The maximum Gasteiger partial charge on any atom is 0.225 e. The van der Waals surface area contributed by atoms with Crippen LogP contribution in [0, 0.1) is 6.92 Å². The summed E-state index contributed by atoms with van der Waals surface area (Å²) in [5.41, 5.74) is 3.29. The van der Waals surface area contributed by atoms with Crippen LogP contribution < -0.4 is 10.6 Å². The second kappa shape index (κ2) is 8.09. The number of hydrogen-bond acceptors (Lipinski definition) is 2. The molecule has 0 aromatic heterocycles. The predicted molar refractivity (Wildman–Crippen MR) is 75.0 cm³/mol. The van der Waals surface area contributed by atoms with E-state index in [0.29, 0.717) is 13.0 Å². The van der Waals surface area contributed by atoms with E-state index in [0.717, 1.165) is 17.7 Å². The number of hydrogen-bond donors (Lipinski definition) is 2. The van der Waals surface area contributed by atoms with E-state index in [1.54, 1.807) is 0 Å². The van der Waals surface area contributed by atoms with Crippen LogP contribution in [0.5, 0.6) is 0 Å². The van der Waals surface area contributed by atoms with Gasteiger partial charge in [-0.1, -0.05) is 25.1 Å². The first-order valence-electron chi connectivity index (χ1n) is 5.72. The van der Waals surface area contributed by atoms with Crippen LogP contribution in [0.15, 0.2) is 18.2 Å². The van der Waals surface area contributed by atoms with Crippen LogP contribution in [0.3, 0.4) is 0 Å². The van der Waals surface area contributed by atoms with Gasteiger partial charge in [0, 0.05) is 18.7 Å². The van der Waals surface area contributed by atoms with Gasteiger partial charge in [0.15, 0.2) is 0 Å². The maximum atomic E-state index is 11.6. The van der Waals surface area contributed by atoms with Crippen molar-refractivity contribution < 1.29 is 4.79 Å². The lowest BCUT2D eigenvalue weighted by atomic mass is 10.1. The summed E-state index contributed by atoms with van der Waals surface area (Å²) >= 11 is 0. The lowest BCUT2D eigenvalue weighted by Gasteiger charge is -2.12. The molecule has 0 aliphatic heterocycles. The van der Waals surface area contributed by atoms with Gasteiger partial charge in [-0.3, -0.25) is 4.79 Å². The summed E-state index contributed by atoms with van der Waals surface area (Å²) in [4.78, 5) is 11.6. The molecule has 0 heterocycles. The van der Waals surface area contributed by atoms with Crippen LogP contribution in [-0.2, 0) is 11.2 Å². The standard InChI is InChI=1S/C13H20N2O.ClH/c1-4-11-7-5-6-10(2)13(11)15-12(16)8-9-14-3;/h5-7,14H,4,8-9H2,1-3H3,(H,15,16);1H. The number of carbonyl (C=O) groups excluding carboxylic acids is 1. The van der Waals surface area contributed by atoms with Crippen LogP contribution >= 0.6 is 12.4 Å². The first-order chi connectivity index (χ1) is 7.69. The van der Waals surface area contributed by atoms with Crippen molar-refractivity contribution in [2.75, 3.05) is 18.9 Å². The van der Waals surface area contributed by atoms with E-state index in [-0.39, 0.29) is 18.3 Å². The number of aryl methyl sites for hydroxylation is 2. The minimum absolute atomic E-state index is 0. The van der Waals surface area contributed by atoms with E-state index >= 15 is 0 Å². The largest absolute Gasteiger partial charge is 0.326 e. The Morgan fingerprint density at radius 3 is 2.65 bits per heavy atom. The normalized spacial score (nSPS) is 9.59. The van der Waals surface area contributed by atoms with Gasteiger partial charge in [0.25, 0.3) is 0 Å². The molecule has 96 valence electrons. The Bertz CT molecular complexity index is 366. The van der Waals surface area contributed by atoms with Crippen molar-refractivity contribution in [2.24, 2.45) is 0 Å². The number of amides is 1. The summed E-state index contributed by atoms with van der Waals surface area (Å²) in [5.74, 6) is 0.0679. The van der Waals surface area contributed by atoms with Gasteiger partial charge >= 0.3 is 0 Å². The van der Waals surface area contributed by atoms with E-state index in [1.165, 1.54) is 5.56 Å². The molecule has 1 rings (SSSR count). The molecule has 0 spiro atoms. The first-order valence-corrected chi connectivity index (χ1v) is 5.72. The van der Waals surface area contributed by atoms with Gasteiger partial charge in [-0.05, 0) is 31.5 Å². The second-order valence-corrected chi connectivity index (χ2v) is 3.86. The van der Waals surface area contributed by atoms with Gasteiger partial charge in [0.2, 0.25) is 5.91 Å². The Kier molecular flexibility index (Phi) is 7.59. The Hall–Kier alpha value is -1.06. The number of nitrogens with one attached hydrogen (secondary N) is 2. The van der Waals surface area contributed by atoms with E-state index in [1.807, 2.05) is 26.1 Å². The average molecular weight is 257 g/mol. The van der Waals surface area contributed by atoms with E-state index < -0.39 is 0 Å². The third kappa shape index (κ3) is 4.75. The first kappa shape index (κ1) is 15.9. The number of carbonyl (C=O) groups is 1. The maximum absolute atomic E-state index is 11.6. The van der Waals surface area contributed by atoms with Crippen LogP contribution in [0.2, 0.25) is 0 Å². The highest BCUT2D eigenvalue weighted by atomic mass is 35.5. The highest BCUT2D eigenvalue weighted by Gasteiger charge is 2.07. The summed E-state index contributed by atoms with van der Waals surface area (Å²) in [6, 6.07) is 6.10. The van der Waals surface area contributed by atoms with Crippen molar-refractivity contribution in [3.63, 3.8) is 0 Å². The summed E-state index contributed by atoms with van der Waals surface area (Å²) < 4.78 is 0. The number of para-hydroxylation sites is 1. The summed E-state index contributed by atoms with van der Waals surface area (Å²) in [6.07, 6.45) is 1.44. The van der Waals surface area contributed by atoms with Crippen molar-refractivity contribution in [3.8, 4) is 0 Å². The number of rotatable bonds is 5. The predicted octanol–water partition coefficient (Wildman–Crippen LogP) is 2.53. The topological polar surface area (TPSA) is 41.1 Å². The Balaban J connectivity index is 0.00000256. The van der Waals surface area contributed by atoms with Crippen molar-refractivity contribution >= 4 is 24.0 Å². The molecule has 0 fully saturated rings. The van der Waals surface area contributed by atoms with Gasteiger partial charge in [-0.2, -0.15) is 0 Å². The molecule has 0 saturated heterocycles. The molecule has 0 aliphatic rings. The zero-order valence-electron chi connectivity index (χ0n) is 10.7. The molecule has 2 N–H and O–H groups in total. The van der Waals surface area contributed by atoms with Crippen LogP contribution in [-0.4, -0.2) is 19.5 Å².